The van der Waals surface area contributed by atoms with Gasteiger partial charge in [0.25, 0.3) is 5.91 Å². The van der Waals surface area contributed by atoms with Gasteiger partial charge in [-0.25, -0.2) is 14.1 Å². The molecule has 0 saturated carbocycles. The van der Waals surface area contributed by atoms with Gasteiger partial charge in [-0.2, -0.15) is 0 Å². The van der Waals surface area contributed by atoms with Gasteiger partial charge in [0.2, 0.25) is 0 Å². The van der Waals surface area contributed by atoms with Gasteiger partial charge in [0, 0.05) is 16.7 Å². The molecule has 232 valence electrons. The standard InChI is InChI=1S/C32H40FIN2O6Si/c1-8-15-41-31(38)36-25-19-28(40-16-9-14-34)27(39-5)18-24(25)29(37)35-20-22(21-10-12-23(33)13-11-21)17-26(35)30(36)42-43(6,7)32(2,3)4/h8,10-13,18-20,26,30H,1,9,14-17H2,2-7H3/t26-,30-/m0/s1. The first-order valence-electron chi connectivity index (χ1n) is 14.3. The molecule has 2 aromatic rings. The van der Waals surface area contributed by atoms with Crippen molar-refractivity contribution in [3.63, 3.8) is 0 Å². The van der Waals surface area contributed by atoms with E-state index in [4.69, 9.17) is 18.6 Å². The highest BCUT2D eigenvalue weighted by molar-refractivity contribution is 14.1. The second-order valence-corrected chi connectivity index (χ2v) is 17.9. The first-order chi connectivity index (χ1) is 20.3. The Labute approximate surface area is 268 Å². The summed E-state index contributed by atoms with van der Waals surface area (Å²) in [5.74, 6) is 0.121. The monoisotopic (exact) mass is 722 g/mol. The zero-order valence-corrected chi connectivity index (χ0v) is 28.8. The molecule has 2 aliphatic heterocycles. The van der Waals surface area contributed by atoms with E-state index in [1.165, 1.54) is 30.2 Å². The van der Waals surface area contributed by atoms with Gasteiger partial charge >= 0.3 is 6.09 Å². The molecule has 0 aromatic heterocycles. The van der Waals surface area contributed by atoms with Gasteiger partial charge in [0.15, 0.2) is 26.0 Å². The first kappa shape index (κ1) is 33.0. The average molecular weight is 723 g/mol. The molecule has 2 heterocycles. The molecule has 0 unspecified atom stereocenters. The van der Waals surface area contributed by atoms with Crippen molar-refractivity contribution in [2.75, 3.05) is 29.7 Å². The van der Waals surface area contributed by atoms with E-state index in [1.54, 1.807) is 35.4 Å². The Hall–Kier alpha value is -2.90. The summed E-state index contributed by atoms with van der Waals surface area (Å²) in [6.45, 7) is 14.7. The van der Waals surface area contributed by atoms with Gasteiger partial charge < -0.3 is 23.5 Å². The van der Waals surface area contributed by atoms with Gasteiger partial charge in [-0.15, -0.1) is 0 Å². The second-order valence-electron chi connectivity index (χ2n) is 12.1. The molecule has 2 aromatic carbocycles. The number of nitrogens with zero attached hydrogens (tertiary/aromatic N) is 2. The first-order valence-corrected chi connectivity index (χ1v) is 18.7. The van der Waals surface area contributed by atoms with Crippen molar-refractivity contribution in [2.24, 2.45) is 0 Å². The van der Waals surface area contributed by atoms with Crippen LogP contribution in [0.4, 0.5) is 14.9 Å². The number of anilines is 1. The molecule has 0 N–H and O–H groups in total. The molecule has 0 spiro atoms. The minimum Gasteiger partial charge on any atom is -0.493 e. The smallest absolute Gasteiger partial charge is 0.416 e. The third kappa shape index (κ3) is 6.93. The molecule has 0 saturated heterocycles. The van der Waals surface area contributed by atoms with Gasteiger partial charge in [-0.05, 0) is 60.3 Å². The summed E-state index contributed by atoms with van der Waals surface area (Å²) in [5, 5.41) is -0.201. The number of halogens is 2. The van der Waals surface area contributed by atoms with Crippen molar-refractivity contribution in [1.82, 2.24) is 4.90 Å². The molecule has 11 heteroatoms. The SMILES string of the molecule is C=CCOC(=O)N1c2cc(OCCCI)c(OC)cc2C(=O)N2C=C(c3ccc(F)cc3)C[C@H]2[C@@H]1O[Si](C)(C)C(C)(C)C. The summed E-state index contributed by atoms with van der Waals surface area (Å²) >= 11 is 2.28. The van der Waals surface area contributed by atoms with Gasteiger partial charge in [0.1, 0.15) is 12.4 Å². The predicted molar refractivity (Wildman–Crippen MR) is 177 cm³/mol. The lowest BCUT2D eigenvalue weighted by Gasteiger charge is -2.44. The summed E-state index contributed by atoms with van der Waals surface area (Å²) in [7, 11) is -1.03. The number of ether oxygens (including phenoxy) is 3. The Morgan fingerprint density at radius 3 is 2.49 bits per heavy atom. The van der Waals surface area contributed by atoms with Crippen LogP contribution in [0.1, 0.15) is 49.5 Å². The van der Waals surface area contributed by atoms with E-state index in [2.05, 4.69) is 63.0 Å². The summed E-state index contributed by atoms with van der Waals surface area (Å²) in [6, 6.07) is 8.86. The van der Waals surface area contributed by atoms with Crippen LogP contribution in [0.25, 0.3) is 5.57 Å². The number of benzene rings is 2. The number of fused-ring (bicyclic) bond motifs is 2. The number of amides is 2. The van der Waals surface area contributed by atoms with E-state index in [0.29, 0.717) is 30.2 Å². The number of alkyl halides is 1. The fourth-order valence-electron chi connectivity index (χ4n) is 4.83. The van der Waals surface area contributed by atoms with Crippen LogP contribution < -0.4 is 14.4 Å². The Morgan fingerprint density at radius 2 is 1.88 bits per heavy atom. The quantitative estimate of drug-likeness (QED) is 0.0820. The van der Waals surface area contributed by atoms with Crippen LogP contribution in [-0.2, 0) is 9.16 Å². The van der Waals surface area contributed by atoms with Crippen molar-refractivity contribution >= 4 is 54.2 Å². The highest BCUT2D eigenvalue weighted by Gasteiger charge is 2.51. The Balaban J connectivity index is 1.94. The van der Waals surface area contributed by atoms with Crippen LogP contribution in [0.3, 0.4) is 0 Å². The zero-order valence-electron chi connectivity index (χ0n) is 25.6. The van der Waals surface area contributed by atoms with E-state index >= 15 is 0 Å². The van der Waals surface area contributed by atoms with Crippen molar-refractivity contribution < 1.29 is 32.6 Å². The van der Waals surface area contributed by atoms with E-state index < -0.39 is 26.7 Å². The van der Waals surface area contributed by atoms with Crippen molar-refractivity contribution in [1.29, 1.82) is 0 Å². The zero-order chi connectivity index (χ0) is 31.5. The van der Waals surface area contributed by atoms with Crippen LogP contribution in [0.15, 0.2) is 55.3 Å². The van der Waals surface area contributed by atoms with Crippen LogP contribution in [0.5, 0.6) is 11.5 Å². The fourth-order valence-corrected chi connectivity index (χ4v) is 6.36. The number of hydrogen-bond donors (Lipinski definition) is 0. The molecule has 8 nitrogen and oxygen atoms in total. The van der Waals surface area contributed by atoms with Crippen molar-refractivity contribution in [3.8, 4) is 11.5 Å². The van der Waals surface area contributed by atoms with Crippen LogP contribution in [-0.4, -0.2) is 62.2 Å². The second kappa shape index (κ2) is 13.4. The predicted octanol–water partition coefficient (Wildman–Crippen LogP) is 7.78. The topological polar surface area (TPSA) is 77.5 Å². The largest absolute Gasteiger partial charge is 0.493 e. The lowest BCUT2D eigenvalue weighted by molar-refractivity contribution is 0.0590. The Bertz CT molecular complexity index is 1390. The molecule has 0 bridgehead atoms. The summed E-state index contributed by atoms with van der Waals surface area (Å²) in [4.78, 5) is 31.4. The number of hydrogen-bond acceptors (Lipinski definition) is 6. The molecule has 2 aliphatic rings. The third-order valence-electron chi connectivity index (χ3n) is 8.16. The molecule has 2 atom stereocenters. The molecule has 2 amide bonds. The van der Waals surface area contributed by atoms with Gasteiger partial charge in [0.05, 0.1) is 31.0 Å². The fraction of sp³-hybridized carbons (Fsp3) is 0.438. The van der Waals surface area contributed by atoms with Crippen LogP contribution >= 0.6 is 22.6 Å². The number of carbonyl (C=O) groups excluding carboxylic acids is 2. The Morgan fingerprint density at radius 1 is 1.19 bits per heavy atom. The maximum absolute atomic E-state index is 14.4. The van der Waals surface area contributed by atoms with Crippen LogP contribution in [0.2, 0.25) is 18.1 Å². The number of rotatable bonds is 10. The molecule has 43 heavy (non-hydrogen) atoms. The highest BCUT2D eigenvalue weighted by Crippen LogP contribution is 2.46. The lowest BCUT2D eigenvalue weighted by Crippen LogP contribution is -2.57. The minimum atomic E-state index is -2.54. The van der Waals surface area contributed by atoms with E-state index in [9.17, 15) is 14.0 Å². The molecule has 0 fully saturated rings. The number of carbonyl (C=O) groups is 2. The van der Waals surface area contributed by atoms with E-state index in [-0.39, 0.29) is 28.9 Å². The summed E-state index contributed by atoms with van der Waals surface area (Å²) in [6.07, 6.45) is 2.91. The Kier molecular flexibility index (Phi) is 10.3. The highest BCUT2D eigenvalue weighted by atomic mass is 127. The number of methoxy groups -OCH3 is 1. The molecular weight excluding hydrogens is 682 g/mol. The normalized spacial score (nSPS) is 18.4. The van der Waals surface area contributed by atoms with E-state index in [1.807, 2.05) is 0 Å². The maximum atomic E-state index is 14.4. The average Bonchev–Trinajstić information content (AvgIpc) is 3.37. The molecular formula is C32H40FIN2O6Si. The molecule has 0 aliphatic carbocycles. The van der Waals surface area contributed by atoms with Crippen molar-refractivity contribution in [2.45, 2.75) is 64.0 Å². The van der Waals surface area contributed by atoms with Crippen LogP contribution in [0, 0.1) is 5.82 Å². The molecule has 0 radical (unpaired) electrons. The minimum absolute atomic E-state index is 0.0198. The van der Waals surface area contributed by atoms with E-state index in [0.717, 1.165) is 22.0 Å². The lowest BCUT2D eigenvalue weighted by atomic mass is 10.0. The third-order valence-corrected chi connectivity index (χ3v) is 13.4. The van der Waals surface area contributed by atoms with Gasteiger partial charge in [-0.3, -0.25) is 4.79 Å². The summed E-state index contributed by atoms with van der Waals surface area (Å²) < 4.78 is 39.0. The molecule has 4 rings (SSSR count). The summed E-state index contributed by atoms with van der Waals surface area (Å²) in [5.41, 5.74) is 2.18. The van der Waals surface area contributed by atoms with Crippen molar-refractivity contribution in [3.05, 3.63) is 72.2 Å². The maximum Gasteiger partial charge on any atom is 0.416 e. The van der Waals surface area contributed by atoms with Gasteiger partial charge in [-0.1, -0.05) is 68.1 Å².